The van der Waals surface area contributed by atoms with Crippen LogP contribution in [0.4, 0.5) is 0 Å². The first-order valence-electron chi connectivity index (χ1n) is 11.6. The van der Waals surface area contributed by atoms with Crippen LogP contribution in [0.15, 0.2) is 0 Å². The highest BCUT2D eigenvalue weighted by molar-refractivity contribution is 5.98. The molecule has 2 atom stereocenters. The van der Waals surface area contributed by atoms with Crippen molar-refractivity contribution in [3.63, 3.8) is 0 Å². The van der Waals surface area contributed by atoms with E-state index in [4.69, 9.17) is 0 Å². The van der Waals surface area contributed by atoms with Crippen LogP contribution in [0.3, 0.4) is 0 Å². The second-order valence-corrected chi connectivity index (χ2v) is 8.86. The Labute approximate surface area is 194 Å². The molecule has 4 N–H and O–H groups in total. The third-order valence-electron chi connectivity index (χ3n) is 6.17. The molecule has 11 heteroatoms. The zero-order valence-corrected chi connectivity index (χ0v) is 19.5. The van der Waals surface area contributed by atoms with Crippen LogP contribution in [0.25, 0.3) is 0 Å². The van der Waals surface area contributed by atoms with Crippen molar-refractivity contribution in [2.24, 2.45) is 11.8 Å². The highest BCUT2D eigenvalue weighted by atomic mass is 16.5. The fourth-order valence-electron chi connectivity index (χ4n) is 4.23. The standard InChI is InChI=1S/C22H36N4O7/c1-3-33-19(29)13-17(27)24-22(2,21(31)32)25-20(30)16-5-4-12-26(14-16)18(28)7-6-15-8-10-23-11-9-15/h15-16,23H,3-14H2,1-2H3,(H,24,27)(H,25,30)(H,31,32)/t16?,22-/m0/s1. The molecule has 2 aliphatic rings. The predicted octanol–water partition coefficient (Wildman–Crippen LogP) is -0.00880. The lowest BCUT2D eigenvalue weighted by Crippen LogP contribution is -2.65. The lowest BCUT2D eigenvalue weighted by Gasteiger charge is -2.35. The highest BCUT2D eigenvalue weighted by Crippen LogP contribution is 2.22. The fraction of sp³-hybridized carbons (Fsp3) is 0.773. The van der Waals surface area contributed by atoms with E-state index in [9.17, 15) is 29.1 Å². The Morgan fingerprint density at radius 3 is 2.45 bits per heavy atom. The molecule has 0 radical (unpaired) electrons. The quantitative estimate of drug-likeness (QED) is 0.198. The summed E-state index contributed by atoms with van der Waals surface area (Å²) in [4.78, 5) is 62.5. The van der Waals surface area contributed by atoms with Gasteiger partial charge in [-0.2, -0.15) is 0 Å². The predicted molar refractivity (Wildman–Crippen MR) is 118 cm³/mol. The van der Waals surface area contributed by atoms with Gasteiger partial charge < -0.3 is 30.7 Å². The van der Waals surface area contributed by atoms with Crippen molar-refractivity contribution in [2.75, 3.05) is 32.8 Å². The van der Waals surface area contributed by atoms with E-state index in [-0.39, 0.29) is 19.1 Å². The fourth-order valence-corrected chi connectivity index (χ4v) is 4.23. The Hall–Kier alpha value is -2.69. The maximum atomic E-state index is 12.8. The van der Waals surface area contributed by atoms with E-state index < -0.39 is 41.8 Å². The van der Waals surface area contributed by atoms with Crippen LogP contribution in [0, 0.1) is 11.8 Å². The van der Waals surface area contributed by atoms with E-state index in [2.05, 4.69) is 20.7 Å². The van der Waals surface area contributed by atoms with Crippen LogP contribution in [-0.4, -0.2) is 78.1 Å². The molecule has 0 aromatic rings. The summed E-state index contributed by atoms with van der Waals surface area (Å²) in [5.41, 5.74) is -2.10. The van der Waals surface area contributed by atoms with Crippen LogP contribution in [0.2, 0.25) is 0 Å². The number of carbonyl (C=O) groups is 5. The van der Waals surface area contributed by atoms with E-state index in [1.165, 1.54) is 0 Å². The molecule has 2 heterocycles. The van der Waals surface area contributed by atoms with Crippen molar-refractivity contribution in [1.29, 1.82) is 0 Å². The van der Waals surface area contributed by atoms with Gasteiger partial charge >= 0.3 is 11.9 Å². The van der Waals surface area contributed by atoms with Crippen LogP contribution in [0.1, 0.15) is 58.8 Å². The number of nitrogens with zero attached hydrogens (tertiary/aromatic N) is 1. The zero-order valence-electron chi connectivity index (χ0n) is 19.5. The monoisotopic (exact) mass is 468 g/mol. The SMILES string of the molecule is CCOC(=O)CC(=O)N[C@@](C)(NC(=O)C1CCCN(C(=O)CCC2CCNCC2)C1)C(=O)O. The lowest BCUT2D eigenvalue weighted by molar-refractivity contribution is -0.153. The van der Waals surface area contributed by atoms with Crippen molar-refractivity contribution in [1.82, 2.24) is 20.9 Å². The van der Waals surface area contributed by atoms with E-state index in [1.54, 1.807) is 11.8 Å². The third kappa shape index (κ3) is 8.30. The number of esters is 1. The molecule has 0 spiro atoms. The summed E-state index contributed by atoms with van der Waals surface area (Å²) in [6.07, 6.45) is 3.89. The second-order valence-electron chi connectivity index (χ2n) is 8.86. The Morgan fingerprint density at radius 2 is 1.82 bits per heavy atom. The molecular weight excluding hydrogens is 432 g/mol. The first-order valence-corrected chi connectivity index (χ1v) is 11.6. The van der Waals surface area contributed by atoms with Gasteiger partial charge in [0.25, 0.3) is 0 Å². The molecular formula is C22H36N4O7. The minimum Gasteiger partial charge on any atom is -0.478 e. The van der Waals surface area contributed by atoms with Crippen LogP contribution < -0.4 is 16.0 Å². The normalized spacial score (nSPS) is 20.9. The highest BCUT2D eigenvalue weighted by Gasteiger charge is 2.39. The summed E-state index contributed by atoms with van der Waals surface area (Å²) >= 11 is 0. The summed E-state index contributed by atoms with van der Waals surface area (Å²) in [7, 11) is 0. The summed E-state index contributed by atoms with van der Waals surface area (Å²) in [5, 5.41) is 17.5. The molecule has 0 bridgehead atoms. The van der Waals surface area contributed by atoms with Gasteiger partial charge in [0.05, 0.1) is 12.5 Å². The van der Waals surface area contributed by atoms with Gasteiger partial charge in [-0.15, -0.1) is 0 Å². The molecule has 0 aromatic carbocycles. The van der Waals surface area contributed by atoms with Crippen molar-refractivity contribution < 1.29 is 33.8 Å². The number of likely N-dealkylation sites (tertiary alicyclic amines) is 1. The van der Waals surface area contributed by atoms with Gasteiger partial charge in [-0.1, -0.05) is 0 Å². The van der Waals surface area contributed by atoms with Crippen LogP contribution in [0.5, 0.6) is 0 Å². The van der Waals surface area contributed by atoms with E-state index in [0.29, 0.717) is 31.7 Å². The minimum atomic E-state index is -2.10. The van der Waals surface area contributed by atoms with Crippen molar-refractivity contribution >= 4 is 29.7 Å². The summed E-state index contributed by atoms with van der Waals surface area (Å²) in [5.74, 6) is -3.74. The van der Waals surface area contributed by atoms with Crippen molar-refractivity contribution in [2.45, 2.75) is 64.5 Å². The lowest BCUT2D eigenvalue weighted by atomic mass is 9.92. The average molecular weight is 469 g/mol. The first-order chi connectivity index (χ1) is 15.6. The average Bonchev–Trinajstić information content (AvgIpc) is 2.78. The van der Waals surface area contributed by atoms with Crippen LogP contribution in [-0.2, 0) is 28.7 Å². The molecule has 2 fully saturated rings. The summed E-state index contributed by atoms with van der Waals surface area (Å²) in [6.45, 7) is 5.55. The van der Waals surface area contributed by atoms with Gasteiger partial charge in [0.1, 0.15) is 6.42 Å². The Bertz CT molecular complexity index is 738. The maximum absolute atomic E-state index is 12.8. The van der Waals surface area contributed by atoms with Crippen molar-refractivity contribution in [3.05, 3.63) is 0 Å². The van der Waals surface area contributed by atoms with Gasteiger partial charge in [-0.05, 0) is 65.0 Å². The molecule has 2 aliphatic heterocycles. The number of amides is 3. The van der Waals surface area contributed by atoms with Gasteiger partial charge in [0.2, 0.25) is 23.4 Å². The number of carboxylic acids is 1. The number of carbonyl (C=O) groups excluding carboxylic acids is 4. The number of hydrogen-bond donors (Lipinski definition) is 4. The maximum Gasteiger partial charge on any atom is 0.350 e. The second kappa shape index (κ2) is 12.5. The van der Waals surface area contributed by atoms with Crippen molar-refractivity contribution in [3.8, 4) is 0 Å². The molecule has 1 unspecified atom stereocenters. The van der Waals surface area contributed by atoms with Gasteiger partial charge in [0, 0.05) is 19.5 Å². The number of ether oxygens (including phenoxy) is 1. The molecule has 2 rings (SSSR count). The van der Waals surface area contributed by atoms with E-state index >= 15 is 0 Å². The topological polar surface area (TPSA) is 154 Å². The molecule has 0 aromatic heterocycles. The van der Waals surface area contributed by atoms with E-state index in [0.717, 1.165) is 39.3 Å². The number of aliphatic carboxylic acids is 1. The van der Waals surface area contributed by atoms with Crippen LogP contribution >= 0.6 is 0 Å². The van der Waals surface area contributed by atoms with Gasteiger partial charge in [-0.3, -0.25) is 19.2 Å². The molecule has 3 amide bonds. The molecule has 2 saturated heterocycles. The third-order valence-corrected chi connectivity index (χ3v) is 6.17. The van der Waals surface area contributed by atoms with Gasteiger partial charge in [0.15, 0.2) is 0 Å². The first kappa shape index (κ1) is 26.6. The number of nitrogens with one attached hydrogen (secondary N) is 3. The number of carboxylic acid groups (broad SMARTS) is 1. The molecule has 0 saturated carbocycles. The minimum absolute atomic E-state index is 0.00904. The Kier molecular flexibility index (Phi) is 10.1. The molecule has 186 valence electrons. The summed E-state index contributed by atoms with van der Waals surface area (Å²) < 4.78 is 4.68. The number of rotatable bonds is 10. The molecule has 0 aliphatic carbocycles. The molecule has 33 heavy (non-hydrogen) atoms. The number of piperidine rings is 2. The number of hydrogen-bond acceptors (Lipinski definition) is 7. The summed E-state index contributed by atoms with van der Waals surface area (Å²) in [6, 6.07) is 0. The largest absolute Gasteiger partial charge is 0.478 e. The Balaban J connectivity index is 1.90. The zero-order chi connectivity index (χ0) is 24.4. The molecule has 11 nitrogen and oxygen atoms in total. The van der Waals surface area contributed by atoms with E-state index in [1.807, 2.05) is 0 Å². The smallest absolute Gasteiger partial charge is 0.350 e. The van der Waals surface area contributed by atoms with Gasteiger partial charge in [-0.25, -0.2) is 4.79 Å². The Morgan fingerprint density at radius 1 is 1.12 bits per heavy atom.